The van der Waals surface area contributed by atoms with Gasteiger partial charge in [0.2, 0.25) is 0 Å². The van der Waals surface area contributed by atoms with Crippen LogP contribution in [0.1, 0.15) is 59.3 Å². The summed E-state index contributed by atoms with van der Waals surface area (Å²) in [7, 11) is 0. The third-order valence-corrected chi connectivity index (χ3v) is 4.96. The molecule has 0 aliphatic heterocycles. The second kappa shape index (κ2) is 12.5. The van der Waals surface area contributed by atoms with E-state index in [4.69, 9.17) is 4.99 Å². The maximum Gasteiger partial charge on any atom is 0.191 e. The van der Waals surface area contributed by atoms with Crippen LogP contribution in [0.5, 0.6) is 0 Å². The van der Waals surface area contributed by atoms with Gasteiger partial charge in [-0.3, -0.25) is 4.99 Å². The van der Waals surface area contributed by atoms with Crippen LogP contribution in [0.15, 0.2) is 17.6 Å². The van der Waals surface area contributed by atoms with Crippen molar-refractivity contribution in [1.82, 2.24) is 25.4 Å². The summed E-state index contributed by atoms with van der Waals surface area (Å²) >= 11 is 0. The Balaban J connectivity index is 0.00000312. The first-order valence-electron chi connectivity index (χ1n) is 9.56. The van der Waals surface area contributed by atoms with Crippen LogP contribution in [0.25, 0.3) is 0 Å². The molecule has 0 unspecified atom stereocenters. The molecule has 2 N–H and O–H groups in total. The van der Waals surface area contributed by atoms with Gasteiger partial charge < -0.3 is 15.2 Å². The van der Waals surface area contributed by atoms with Gasteiger partial charge in [0.25, 0.3) is 0 Å². The second-order valence-corrected chi connectivity index (χ2v) is 7.17. The number of nitrogens with zero attached hydrogens (tertiary/aromatic N) is 4. The van der Waals surface area contributed by atoms with Gasteiger partial charge in [-0.15, -0.1) is 34.2 Å². The van der Waals surface area contributed by atoms with Crippen LogP contribution in [0.2, 0.25) is 0 Å². The van der Waals surface area contributed by atoms with E-state index < -0.39 is 0 Å². The van der Waals surface area contributed by atoms with E-state index in [0.717, 1.165) is 50.3 Å². The fraction of sp³-hybridized carbons (Fsp3) is 0.833. The van der Waals surface area contributed by atoms with Crippen molar-refractivity contribution in [1.29, 1.82) is 0 Å². The van der Waals surface area contributed by atoms with Crippen LogP contribution in [0.4, 0.5) is 0 Å². The number of aliphatic imine (C=N–C) groups is 1. The quantitative estimate of drug-likeness (QED) is 0.269. The van der Waals surface area contributed by atoms with E-state index in [1.165, 1.54) is 25.7 Å². The number of halogens is 1. The Bertz CT molecular complexity index is 466. The summed E-state index contributed by atoms with van der Waals surface area (Å²) in [5.41, 5.74) is 0. The molecule has 0 saturated heterocycles. The van der Waals surface area contributed by atoms with Crippen molar-refractivity contribution in [2.24, 2.45) is 16.8 Å². The van der Waals surface area contributed by atoms with E-state index in [9.17, 15) is 0 Å². The van der Waals surface area contributed by atoms with Gasteiger partial charge in [-0.25, -0.2) is 0 Å². The molecule has 144 valence electrons. The summed E-state index contributed by atoms with van der Waals surface area (Å²) in [6.45, 7) is 9.56. The fourth-order valence-corrected chi connectivity index (χ4v) is 3.38. The Kier molecular flexibility index (Phi) is 11.1. The lowest BCUT2D eigenvalue weighted by Crippen LogP contribution is -2.45. The zero-order valence-electron chi connectivity index (χ0n) is 15.9. The van der Waals surface area contributed by atoms with Gasteiger partial charge in [-0.1, -0.05) is 13.8 Å². The Morgan fingerprint density at radius 2 is 1.84 bits per heavy atom. The van der Waals surface area contributed by atoms with Crippen molar-refractivity contribution >= 4 is 29.9 Å². The third-order valence-electron chi connectivity index (χ3n) is 4.96. The number of guanidine groups is 1. The predicted octanol–water partition coefficient (Wildman–Crippen LogP) is 3.45. The van der Waals surface area contributed by atoms with Gasteiger partial charge in [0.15, 0.2) is 5.96 Å². The van der Waals surface area contributed by atoms with Crippen molar-refractivity contribution in [2.75, 3.05) is 13.1 Å². The second-order valence-electron chi connectivity index (χ2n) is 7.17. The maximum atomic E-state index is 4.73. The monoisotopic (exact) mass is 462 g/mol. The largest absolute Gasteiger partial charge is 0.357 e. The van der Waals surface area contributed by atoms with Gasteiger partial charge in [-0.05, 0) is 57.3 Å². The first-order valence-corrected chi connectivity index (χ1v) is 9.56. The summed E-state index contributed by atoms with van der Waals surface area (Å²) in [6.07, 6.45) is 10.9. The summed E-state index contributed by atoms with van der Waals surface area (Å²) in [4.78, 5) is 4.73. The third kappa shape index (κ3) is 8.37. The van der Waals surface area contributed by atoms with Gasteiger partial charge in [0.1, 0.15) is 12.7 Å². The summed E-state index contributed by atoms with van der Waals surface area (Å²) in [6, 6.07) is 0.579. The van der Waals surface area contributed by atoms with Gasteiger partial charge >= 0.3 is 0 Å². The van der Waals surface area contributed by atoms with E-state index in [1.54, 1.807) is 12.7 Å². The van der Waals surface area contributed by atoms with Gasteiger partial charge in [-0.2, -0.15) is 0 Å². The molecule has 0 atom stereocenters. The van der Waals surface area contributed by atoms with E-state index in [0.29, 0.717) is 6.04 Å². The van der Waals surface area contributed by atoms with Gasteiger partial charge in [0.05, 0.1) is 0 Å². The summed E-state index contributed by atoms with van der Waals surface area (Å²) in [5, 5.41) is 14.7. The SMILES string of the molecule is CCNC(=NCCCCn1cnnc1)NC1CCC(C(C)C)CC1.I. The highest BCUT2D eigenvalue weighted by molar-refractivity contribution is 14.0. The molecule has 25 heavy (non-hydrogen) atoms. The van der Waals surface area contributed by atoms with Crippen LogP contribution < -0.4 is 10.6 Å². The summed E-state index contributed by atoms with van der Waals surface area (Å²) in [5.74, 6) is 2.70. The Hall–Kier alpha value is -0.860. The Morgan fingerprint density at radius 1 is 1.16 bits per heavy atom. The van der Waals surface area contributed by atoms with Crippen LogP contribution in [-0.4, -0.2) is 39.9 Å². The number of aryl methyl sites for hydroxylation is 1. The summed E-state index contributed by atoms with van der Waals surface area (Å²) < 4.78 is 2.01. The zero-order chi connectivity index (χ0) is 17.2. The molecule has 7 heteroatoms. The number of aromatic nitrogens is 3. The molecule has 1 fully saturated rings. The minimum atomic E-state index is 0. The lowest BCUT2D eigenvalue weighted by atomic mass is 9.80. The van der Waals surface area contributed by atoms with Crippen molar-refractivity contribution in [3.05, 3.63) is 12.7 Å². The molecule has 1 heterocycles. The number of hydrogen-bond donors (Lipinski definition) is 2. The first-order chi connectivity index (χ1) is 11.7. The molecule has 2 rings (SSSR count). The van der Waals surface area contributed by atoms with E-state index in [-0.39, 0.29) is 24.0 Å². The molecule has 1 aliphatic rings. The molecular formula is C18H35IN6. The molecule has 0 bridgehead atoms. The van der Waals surface area contributed by atoms with E-state index >= 15 is 0 Å². The minimum absolute atomic E-state index is 0. The first kappa shape index (κ1) is 22.2. The van der Waals surface area contributed by atoms with Crippen molar-refractivity contribution in [3.63, 3.8) is 0 Å². The highest BCUT2D eigenvalue weighted by atomic mass is 127. The number of hydrogen-bond acceptors (Lipinski definition) is 3. The number of rotatable bonds is 8. The highest BCUT2D eigenvalue weighted by Gasteiger charge is 2.23. The van der Waals surface area contributed by atoms with E-state index in [1.807, 2.05) is 4.57 Å². The van der Waals surface area contributed by atoms with Crippen molar-refractivity contribution in [2.45, 2.75) is 71.9 Å². The molecule has 1 aromatic rings. The zero-order valence-corrected chi connectivity index (χ0v) is 18.3. The molecule has 0 spiro atoms. The molecule has 1 aromatic heterocycles. The lowest BCUT2D eigenvalue weighted by Gasteiger charge is -2.32. The van der Waals surface area contributed by atoms with E-state index in [2.05, 4.69) is 41.6 Å². The Morgan fingerprint density at radius 3 is 2.44 bits per heavy atom. The van der Waals surface area contributed by atoms with Crippen LogP contribution in [-0.2, 0) is 6.54 Å². The van der Waals surface area contributed by atoms with Crippen molar-refractivity contribution < 1.29 is 0 Å². The average molecular weight is 462 g/mol. The predicted molar refractivity (Wildman–Crippen MR) is 114 cm³/mol. The smallest absolute Gasteiger partial charge is 0.191 e. The van der Waals surface area contributed by atoms with Crippen LogP contribution in [0, 0.1) is 11.8 Å². The van der Waals surface area contributed by atoms with Crippen molar-refractivity contribution in [3.8, 4) is 0 Å². The topological polar surface area (TPSA) is 67.1 Å². The number of unbranched alkanes of at least 4 members (excludes halogenated alkanes) is 1. The Labute approximate surface area is 169 Å². The maximum absolute atomic E-state index is 4.73. The minimum Gasteiger partial charge on any atom is -0.357 e. The molecule has 1 aliphatic carbocycles. The van der Waals surface area contributed by atoms with Gasteiger partial charge in [0, 0.05) is 25.7 Å². The highest BCUT2D eigenvalue weighted by Crippen LogP contribution is 2.29. The molecular weight excluding hydrogens is 427 g/mol. The molecule has 0 radical (unpaired) electrons. The molecule has 0 aromatic carbocycles. The molecule has 0 amide bonds. The van der Waals surface area contributed by atoms with Crippen LogP contribution >= 0.6 is 24.0 Å². The lowest BCUT2D eigenvalue weighted by molar-refractivity contribution is 0.250. The molecule has 1 saturated carbocycles. The fourth-order valence-electron chi connectivity index (χ4n) is 3.38. The standard InChI is InChI=1S/C18H34N6.HI/c1-4-19-18(20-11-5-6-12-24-13-21-22-14-24)23-17-9-7-16(8-10-17)15(2)3;/h13-17H,4-12H2,1-3H3,(H2,19,20,23);1H. The normalized spacial score (nSPS) is 21.0. The molecule has 6 nitrogen and oxygen atoms in total. The van der Waals surface area contributed by atoms with Crippen LogP contribution in [0.3, 0.4) is 0 Å². The average Bonchev–Trinajstić information content (AvgIpc) is 3.08. The number of nitrogens with one attached hydrogen (secondary N) is 2.